The fraction of sp³-hybridized carbons (Fsp3) is 0.364. The molecule has 0 saturated carbocycles. The van der Waals surface area contributed by atoms with Gasteiger partial charge in [-0.25, -0.2) is 4.98 Å². The average Bonchev–Trinajstić information content (AvgIpc) is 2.25. The van der Waals surface area contributed by atoms with E-state index < -0.39 is 11.9 Å². The molecule has 0 aromatic carbocycles. The second kappa shape index (κ2) is 5.83. The zero-order valence-corrected chi connectivity index (χ0v) is 9.51. The van der Waals surface area contributed by atoms with Crippen LogP contribution in [0.5, 0.6) is 0 Å². The van der Waals surface area contributed by atoms with Crippen LogP contribution in [0.4, 0.5) is 5.82 Å². The molecule has 0 saturated heterocycles. The van der Waals surface area contributed by atoms with Gasteiger partial charge in [-0.1, -0.05) is 6.92 Å². The van der Waals surface area contributed by atoms with Crippen LogP contribution in [0.15, 0.2) is 18.3 Å². The quantitative estimate of drug-likeness (QED) is 0.675. The summed E-state index contributed by atoms with van der Waals surface area (Å²) in [6, 6.07) is 3.19. The SMILES string of the molecule is CC(CNc1ncccc1C(N)=O)CC(=O)O. The molecular weight excluding hydrogens is 222 g/mol. The lowest BCUT2D eigenvalue weighted by Gasteiger charge is -2.12. The number of amides is 1. The third-order valence-electron chi connectivity index (χ3n) is 2.21. The molecule has 1 aromatic rings. The van der Waals surface area contributed by atoms with E-state index in [0.717, 1.165) is 0 Å². The Kier molecular flexibility index (Phi) is 4.45. The molecule has 1 rings (SSSR count). The molecule has 1 atom stereocenters. The number of hydrogen-bond donors (Lipinski definition) is 3. The van der Waals surface area contributed by atoms with Crippen molar-refractivity contribution < 1.29 is 14.7 Å². The summed E-state index contributed by atoms with van der Waals surface area (Å²) in [5, 5.41) is 11.5. The third kappa shape index (κ3) is 4.10. The Morgan fingerprint density at radius 1 is 1.59 bits per heavy atom. The number of pyridine rings is 1. The first-order valence-electron chi connectivity index (χ1n) is 5.21. The van der Waals surface area contributed by atoms with Crippen LogP contribution in [0, 0.1) is 5.92 Å². The summed E-state index contributed by atoms with van der Waals surface area (Å²) in [4.78, 5) is 25.6. The number of carboxylic acids is 1. The Bertz CT molecular complexity index is 420. The predicted octanol–water partition coefficient (Wildman–Crippen LogP) is 0.703. The smallest absolute Gasteiger partial charge is 0.303 e. The van der Waals surface area contributed by atoms with Crippen molar-refractivity contribution in [2.24, 2.45) is 11.7 Å². The second-order valence-electron chi connectivity index (χ2n) is 3.85. The minimum Gasteiger partial charge on any atom is -0.481 e. The molecule has 4 N–H and O–H groups in total. The van der Waals surface area contributed by atoms with Crippen LogP contribution < -0.4 is 11.1 Å². The van der Waals surface area contributed by atoms with Crippen LogP contribution in [0.2, 0.25) is 0 Å². The van der Waals surface area contributed by atoms with Crippen LogP contribution in [0.1, 0.15) is 23.7 Å². The number of carbonyl (C=O) groups excluding carboxylic acids is 1. The highest BCUT2D eigenvalue weighted by atomic mass is 16.4. The van der Waals surface area contributed by atoms with E-state index in [4.69, 9.17) is 10.8 Å². The van der Waals surface area contributed by atoms with Crippen molar-refractivity contribution in [3.05, 3.63) is 23.9 Å². The molecule has 6 nitrogen and oxygen atoms in total. The number of rotatable bonds is 6. The van der Waals surface area contributed by atoms with Crippen molar-refractivity contribution in [2.75, 3.05) is 11.9 Å². The van der Waals surface area contributed by atoms with Gasteiger partial charge in [-0.3, -0.25) is 9.59 Å². The molecule has 0 fully saturated rings. The van der Waals surface area contributed by atoms with Crippen LogP contribution in [0.3, 0.4) is 0 Å². The summed E-state index contributed by atoms with van der Waals surface area (Å²) in [6.45, 7) is 2.22. The van der Waals surface area contributed by atoms with Gasteiger partial charge in [-0.05, 0) is 18.1 Å². The number of anilines is 1. The van der Waals surface area contributed by atoms with Crippen LogP contribution >= 0.6 is 0 Å². The van der Waals surface area contributed by atoms with E-state index >= 15 is 0 Å². The highest BCUT2D eigenvalue weighted by Gasteiger charge is 2.11. The average molecular weight is 237 g/mol. The van der Waals surface area contributed by atoms with E-state index in [-0.39, 0.29) is 12.3 Å². The Morgan fingerprint density at radius 2 is 2.29 bits per heavy atom. The van der Waals surface area contributed by atoms with Gasteiger partial charge >= 0.3 is 5.97 Å². The fourth-order valence-electron chi connectivity index (χ4n) is 1.39. The minimum atomic E-state index is -0.851. The maximum atomic E-state index is 11.1. The van der Waals surface area contributed by atoms with Gasteiger partial charge in [0.25, 0.3) is 5.91 Å². The highest BCUT2D eigenvalue weighted by molar-refractivity contribution is 5.97. The number of hydrogen-bond acceptors (Lipinski definition) is 4. The van der Waals surface area contributed by atoms with Gasteiger partial charge in [0.2, 0.25) is 0 Å². The molecule has 17 heavy (non-hydrogen) atoms. The zero-order valence-electron chi connectivity index (χ0n) is 9.51. The van der Waals surface area contributed by atoms with Gasteiger partial charge in [-0.15, -0.1) is 0 Å². The van der Waals surface area contributed by atoms with Gasteiger partial charge in [0.1, 0.15) is 5.82 Å². The molecule has 1 amide bonds. The number of nitrogens with one attached hydrogen (secondary N) is 1. The van der Waals surface area contributed by atoms with Crippen LogP contribution in [-0.4, -0.2) is 28.5 Å². The molecule has 0 radical (unpaired) electrons. The van der Waals surface area contributed by atoms with E-state index in [1.807, 2.05) is 0 Å². The lowest BCUT2D eigenvalue weighted by molar-refractivity contribution is -0.137. The molecule has 1 aromatic heterocycles. The van der Waals surface area contributed by atoms with E-state index in [9.17, 15) is 9.59 Å². The van der Waals surface area contributed by atoms with Gasteiger partial charge in [-0.2, -0.15) is 0 Å². The molecule has 1 heterocycles. The minimum absolute atomic E-state index is 0.0600. The first-order chi connectivity index (χ1) is 8.00. The summed E-state index contributed by atoms with van der Waals surface area (Å²) in [6.07, 6.45) is 1.60. The van der Waals surface area contributed by atoms with E-state index in [1.165, 1.54) is 6.20 Å². The highest BCUT2D eigenvalue weighted by Crippen LogP contribution is 2.12. The normalized spacial score (nSPS) is 11.8. The summed E-state index contributed by atoms with van der Waals surface area (Å²) >= 11 is 0. The largest absolute Gasteiger partial charge is 0.481 e. The molecule has 0 aliphatic rings. The molecule has 0 spiro atoms. The molecular formula is C11H15N3O3. The van der Waals surface area contributed by atoms with E-state index in [2.05, 4.69) is 10.3 Å². The molecule has 92 valence electrons. The Morgan fingerprint density at radius 3 is 2.88 bits per heavy atom. The number of carbonyl (C=O) groups is 2. The molecule has 0 aliphatic carbocycles. The van der Waals surface area contributed by atoms with Crippen molar-refractivity contribution in [2.45, 2.75) is 13.3 Å². The lowest BCUT2D eigenvalue weighted by atomic mass is 10.1. The second-order valence-corrected chi connectivity index (χ2v) is 3.85. The standard InChI is InChI=1S/C11H15N3O3/c1-7(5-9(15)16)6-14-11-8(10(12)17)3-2-4-13-11/h2-4,7H,5-6H2,1H3,(H2,12,17)(H,13,14)(H,15,16). The fourth-order valence-corrected chi connectivity index (χ4v) is 1.39. The van der Waals surface area contributed by atoms with Crippen molar-refractivity contribution in [1.82, 2.24) is 4.98 Å². The molecule has 0 aliphatic heterocycles. The number of nitrogens with two attached hydrogens (primary N) is 1. The van der Waals surface area contributed by atoms with Crippen molar-refractivity contribution in [1.29, 1.82) is 0 Å². The number of carboxylic acid groups (broad SMARTS) is 1. The van der Waals surface area contributed by atoms with Crippen molar-refractivity contribution in [3.63, 3.8) is 0 Å². The first kappa shape index (κ1) is 13.0. The topological polar surface area (TPSA) is 105 Å². The van der Waals surface area contributed by atoms with E-state index in [0.29, 0.717) is 17.9 Å². The summed E-state index contributed by atoms with van der Waals surface area (Å²) < 4.78 is 0. The Labute approximate surface area is 98.8 Å². The molecule has 6 heteroatoms. The maximum absolute atomic E-state index is 11.1. The third-order valence-corrected chi connectivity index (χ3v) is 2.21. The summed E-state index contributed by atoms with van der Waals surface area (Å²) in [5.74, 6) is -1.09. The van der Waals surface area contributed by atoms with Crippen molar-refractivity contribution >= 4 is 17.7 Å². The lowest BCUT2D eigenvalue weighted by Crippen LogP contribution is -2.19. The van der Waals surface area contributed by atoms with E-state index in [1.54, 1.807) is 19.1 Å². The Hall–Kier alpha value is -2.11. The Balaban J connectivity index is 2.63. The van der Waals surface area contributed by atoms with Gasteiger partial charge < -0.3 is 16.2 Å². The molecule has 0 bridgehead atoms. The number of aliphatic carboxylic acids is 1. The summed E-state index contributed by atoms with van der Waals surface area (Å²) in [5.41, 5.74) is 5.49. The van der Waals surface area contributed by atoms with Crippen LogP contribution in [0.25, 0.3) is 0 Å². The number of aromatic nitrogens is 1. The zero-order chi connectivity index (χ0) is 12.8. The van der Waals surface area contributed by atoms with Gasteiger partial charge in [0, 0.05) is 19.2 Å². The van der Waals surface area contributed by atoms with Crippen LogP contribution in [-0.2, 0) is 4.79 Å². The first-order valence-corrected chi connectivity index (χ1v) is 5.21. The number of primary amides is 1. The predicted molar refractivity (Wildman–Crippen MR) is 62.7 cm³/mol. The monoisotopic (exact) mass is 237 g/mol. The number of nitrogens with zero attached hydrogens (tertiary/aromatic N) is 1. The maximum Gasteiger partial charge on any atom is 0.303 e. The van der Waals surface area contributed by atoms with Crippen molar-refractivity contribution in [3.8, 4) is 0 Å². The molecule has 1 unspecified atom stereocenters. The summed E-state index contributed by atoms with van der Waals surface area (Å²) in [7, 11) is 0. The van der Waals surface area contributed by atoms with Gasteiger partial charge in [0.05, 0.1) is 5.56 Å². The van der Waals surface area contributed by atoms with Gasteiger partial charge in [0.15, 0.2) is 0 Å².